The first-order valence-electron chi connectivity index (χ1n) is 7.03. The summed E-state index contributed by atoms with van der Waals surface area (Å²) in [6, 6.07) is 8.41. The molecule has 0 spiro atoms. The first kappa shape index (κ1) is 14.6. The molecule has 20 heavy (non-hydrogen) atoms. The number of hydrogen-bond donors (Lipinski definition) is 1. The van der Waals surface area contributed by atoms with Crippen molar-refractivity contribution in [3.63, 3.8) is 0 Å². The number of nitrogens with zero attached hydrogens (tertiary/aromatic N) is 2. The van der Waals surface area contributed by atoms with E-state index < -0.39 is 0 Å². The summed E-state index contributed by atoms with van der Waals surface area (Å²) in [5.74, 6) is 0.907. The van der Waals surface area contributed by atoms with Gasteiger partial charge in [-0.3, -0.25) is 4.68 Å². The summed E-state index contributed by atoms with van der Waals surface area (Å²) in [6.45, 7) is 5.18. The Balaban J connectivity index is 2.40. The molecule has 0 saturated heterocycles. The van der Waals surface area contributed by atoms with E-state index in [1.165, 1.54) is 5.56 Å². The van der Waals surface area contributed by atoms with Crippen molar-refractivity contribution in [3.05, 3.63) is 47.3 Å². The van der Waals surface area contributed by atoms with Gasteiger partial charge in [-0.1, -0.05) is 19.1 Å². The van der Waals surface area contributed by atoms with Crippen LogP contribution in [0.25, 0.3) is 0 Å². The molecule has 108 valence electrons. The van der Waals surface area contributed by atoms with Gasteiger partial charge in [-0.15, -0.1) is 0 Å². The highest BCUT2D eigenvalue weighted by Crippen LogP contribution is 2.30. The van der Waals surface area contributed by atoms with E-state index in [0.717, 1.165) is 30.0 Å². The van der Waals surface area contributed by atoms with Gasteiger partial charge in [0.15, 0.2) is 0 Å². The molecule has 1 atom stereocenters. The van der Waals surface area contributed by atoms with Gasteiger partial charge in [-0.25, -0.2) is 0 Å². The highest BCUT2D eigenvalue weighted by atomic mass is 16.5. The predicted molar refractivity (Wildman–Crippen MR) is 81.1 cm³/mol. The Bertz CT molecular complexity index is 563. The standard InChI is InChI=1S/C16H23N3O/c1-5-9-17-16(14-8-10-19(3)18-14)13-7-6-12(2)11-15(13)20-4/h6-8,10-11,16-17H,5,9H2,1-4H3. The van der Waals surface area contributed by atoms with Gasteiger partial charge in [0.05, 0.1) is 18.8 Å². The summed E-state index contributed by atoms with van der Waals surface area (Å²) in [5.41, 5.74) is 3.34. The van der Waals surface area contributed by atoms with Crippen molar-refractivity contribution in [2.45, 2.75) is 26.3 Å². The molecule has 4 heteroatoms. The highest BCUT2D eigenvalue weighted by molar-refractivity contribution is 5.42. The number of ether oxygens (including phenoxy) is 1. The number of methoxy groups -OCH3 is 1. The van der Waals surface area contributed by atoms with E-state index in [9.17, 15) is 0 Å². The topological polar surface area (TPSA) is 39.1 Å². The van der Waals surface area contributed by atoms with Gasteiger partial charge in [0.1, 0.15) is 5.75 Å². The molecule has 0 aliphatic heterocycles. The second-order valence-corrected chi connectivity index (χ2v) is 5.05. The number of aryl methyl sites for hydroxylation is 2. The smallest absolute Gasteiger partial charge is 0.124 e. The first-order valence-corrected chi connectivity index (χ1v) is 7.03. The molecule has 0 amide bonds. The van der Waals surface area contributed by atoms with Crippen LogP contribution in [0.4, 0.5) is 0 Å². The van der Waals surface area contributed by atoms with E-state index in [4.69, 9.17) is 4.74 Å². The number of rotatable bonds is 6. The van der Waals surface area contributed by atoms with E-state index in [2.05, 4.69) is 42.5 Å². The molecule has 0 aliphatic carbocycles. The monoisotopic (exact) mass is 273 g/mol. The Labute approximate surface area is 120 Å². The Morgan fingerprint density at radius 3 is 2.75 bits per heavy atom. The summed E-state index contributed by atoms with van der Waals surface area (Å²) in [7, 11) is 3.65. The van der Waals surface area contributed by atoms with Gasteiger partial charge in [-0.2, -0.15) is 5.10 Å². The zero-order valence-corrected chi connectivity index (χ0v) is 12.7. The van der Waals surface area contributed by atoms with Gasteiger partial charge in [0, 0.05) is 18.8 Å². The van der Waals surface area contributed by atoms with Crippen LogP contribution in [0, 0.1) is 6.92 Å². The molecule has 4 nitrogen and oxygen atoms in total. The maximum absolute atomic E-state index is 5.54. The van der Waals surface area contributed by atoms with Crippen LogP contribution in [0.5, 0.6) is 5.75 Å². The molecule has 0 fully saturated rings. The lowest BCUT2D eigenvalue weighted by Crippen LogP contribution is -2.24. The van der Waals surface area contributed by atoms with Gasteiger partial charge < -0.3 is 10.1 Å². The van der Waals surface area contributed by atoms with Crippen molar-refractivity contribution < 1.29 is 4.74 Å². The minimum Gasteiger partial charge on any atom is -0.496 e. The lowest BCUT2D eigenvalue weighted by atomic mass is 10.0. The van der Waals surface area contributed by atoms with Crippen LogP contribution in [0.15, 0.2) is 30.5 Å². The molecule has 1 N–H and O–H groups in total. The molecule has 0 saturated carbocycles. The second kappa shape index (κ2) is 6.57. The zero-order chi connectivity index (χ0) is 14.5. The molecule has 1 aromatic heterocycles. The first-order chi connectivity index (χ1) is 9.65. The Morgan fingerprint density at radius 1 is 1.35 bits per heavy atom. The summed E-state index contributed by atoms with van der Waals surface area (Å²) >= 11 is 0. The number of hydrogen-bond acceptors (Lipinski definition) is 3. The third kappa shape index (κ3) is 3.20. The quantitative estimate of drug-likeness (QED) is 0.879. The fourth-order valence-electron chi connectivity index (χ4n) is 2.31. The number of aromatic nitrogens is 2. The van der Waals surface area contributed by atoms with E-state index in [1.54, 1.807) is 7.11 Å². The summed E-state index contributed by atoms with van der Waals surface area (Å²) in [5, 5.41) is 8.09. The van der Waals surface area contributed by atoms with Crippen molar-refractivity contribution in [1.29, 1.82) is 0 Å². The average Bonchev–Trinajstić information content (AvgIpc) is 2.87. The van der Waals surface area contributed by atoms with Crippen molar-refractivity contribution in [3.8, 4) is 5.75 Å². The molecule has 1 aromatic carbocycles. The predicted octanol–water partition coefficient (Wildman–Crippen LogP) is 2.83. The molecule has 2 aromatic rings. The van der Waals surface area contributed by atoms with Crippen LogP contribution in [-0.4, -0.2) is 23.4 Å². The molecule has 2 rings (SSSR count). The molecule has 0 bridgehead atoms. The number of benzene rings is 1. The highest BCUT2D eigenvalue weighted by Gasteiger charge is 2.19. The SMILES string of the molecule is CCCNC(c1ccn(C)n1)c1ccc(C)cc1OC. The minimum atomic E-state index is 0.0618. The van der Waals surface area contributed by atoms with Gasteiger partial charge in [-0.05, 0) is 37.6 Å². The van der Waals surface area contributed by atoms with E-state index in [0.29, 0.717) is 0 Å². The van der Waals surface area contributed by atoms with Crippen molar-refractivity contribution in [2.24, 2.45) is 7.05 Å². The van der Waals surface area contributed by atoms with Gasteiger partial charge in [0.25, 0.3) is 0 Å². The second-order valence-electron chi connectivity index (χ2n) is 5.05. The van der Waals surface area contributed by atoms with Gasteiger partial charge in [0.2, 0.25) is 0 Å². The van der Waals surface area contributed by atoms with Crippen LogP contribution in [0.3, 0.4) is 0 Å². The van der Waals surface area contributed by atoms with Crippen LogP contribution in [0.2, 0.25) is 0 Å². The van der Waals surface area contributed by atoms with Crippen LogP contribution in [-0.2, 0) is 7.05 Å². The summed E-state index contributed by atoms with van der Waals surface area (Å²) in [4.78, 5) is 0. The Hall–Kier alpha value is -1.81. The van der Waals surface area contributed by atoms with Crippen LogP contribution < -0.4 is 10.1 Å². The third-order valence-electron chi connectivity index (χ3n) is 3.33. The number of nitrogens with one attached hydrogen (secondary N) is 1. The molecule has 1 unspecified atom stereocenters. The molecular formula is C16H23N3O. The van der Waals surface area contributed by atoms with Crippen LogP contribution >= 0.6 is 0 Å². The lowest BCUT2D eigenvalue weighted by Gasteiger charge is -2.20. The third-order valence-corrected chi connectivity index (χ3v) is 3.33. The lowest BCUT2D eigenvalue weighted by molar-refractivity contribution is 0.402. The zero-order valence-electron chi connectivity index (χ0n) is 12.7. The van der Waals surface area contributed by atoms with Crippen molar-refractivity contribution >= 4 is 0 Å². The van der Waals surface area contributed by atoms with Crippen molar-refractivity contribution in [2.75, 3.05) is 13.7 Å². The Kier molecular flexibility index (Phi) is 4.79. The summed E-state index contributed by atoms with van der Waals surface area (Å²) < 4.78 is 7.37. The van der Waals surface area contributed by atoms with E-state index in [-0.39, 0.29) is 6.04 Å². The van der Waals surface area contributed by atoms with E-state index >= 15 is 0 Å². The maximum atomic E-state index is 5.54. The molecule has 0 aliphatic rings. The molecule has 0 radical (unpaired) electrons. The largest absolute Gasteiger partial charge is 0.496 e. The maximum Gasteiger partial charge on any atom is 0.124 e. The normalized spacial score (nSPS) is 12.4. The van der Waals surface area contributed by atoms with Gasteiger partial charge >= 0.3 is 0 Å². The minimum absolute atomic E-state index is 0.0618. The van der Waals surface area contributed by atoms with Crippen molar-refractivity contribution in [1.82, 2.24) is 15.1 Å². The molecular weight excluding hydrogens is 250 g/mol. The fraction of sp³-hybridized carbons (Fsp3) is 0.438. The Morgan fingerprint density at radius 2 is 2.15 bits per heavy atom. The molecule has 1 heterocycles. The van der Waals surface area contributed by atoms with Crippen LogP contribution in [0.1, 0.15) is 36.2 Å². The fourth-order valence-corrected chi connectivity index (χ4v) is 2.31. The summed E-state index contributed by atoms with van der Waals surface area (Å²) in [6.07, 6.45) is 3.05. The van der Waals surface area contributed by atoms with E-state index in [1.807, 2.05) is 24.0 Å². The average molecular weight is 273 g/mol.